The summed E-state index contributed by atoms with van der Waals surface area (Å²) in [5, 5.41) is 13.9. The summed E-state index contributed by atoms with van der Waals surface area (Å²) in [5.41, 5.74) is 1.15. The summed E-state index contributed by atoms with van der Waals surface area (Å²) < 4.78 is 0.781. The van der Waals surface area contributed by atoms with E-state index in [1.54, 1.807) is 12.1 Å². The highest BCUT2D eigenvalue weighted by molar-refractivity contribution is 9.10. The molecule has 0 aliphatic carbocycles. The van der Waals surface area contributed by atoms with Gasteiger partial charge in [0.25, 0.3) is 5.69 Å². The number of hydrogen-bond donors (Lipinski definition) is 1. The van der Waals surface area contributed by atoms with Gasteiger partial charge < -0.3 is 5.32 Å². The van der Waals surface area contributed by atoms with Gasteiger partial charge in [0.1, 0.15) is 0 Å². The highest BCUT2D eigenvalue weighted by Crippen LogP contribution is 2.22. The van der Waals surface area contributed by atoms with Crippen LogP contribution >= 0.6 is 15.9 Å². The Morgan fingerprint density at radius 2 is 2.24 bits per heavy atom. The Hall–Kier alpha value is -0.940. The van der Waals surface area contributed by atoms with E-state index in [2.05, 4.69) is 35.1 Å². The Kier molecular flexibility index (Phi) is 5.58. The van der Waals surface area contributed by atoms with Crippen molar-refractivity contribution >= 4 is 21.6 Å². The number of nitrogens with zero attached hydrogens (tertiary/aromatic N) is 1. The van der Waals surface area contributed by atoms with Crippen LogP contribution in [0.4, 0.5) is 5.69 Å². The second-order valence-corrected chi connectivity index (χ2v) is 5.03. The van der Waals surface area contributed by atoms with E-state index >= 15 is 0 Å². The summed E-state index contributed by atoms with van der Waals surface area (Å²) in [7, 11) is 0. The first-order valence-electron chi connectivity index (χ1n) is 5.68. The summed E-state index contributed by atoms with van der Waals surface area (Å²) in [6.07, 6.45) is 1.15. The van der Waals surface area contributed by atoms with Crippen LogP contribution in [0.3, 0.4) is 0 Å². The van der Waals surface area contributed by atoms with Crippen LogP contribution in [0.5, 0.6) is 0 Å². The predicted molar refractivity (Wildman–Crippen MR) is 72.0 cm³/mol. The molecule has 5 heteroatoms. The first kappa shape index (κ1) is 14.1. The number of nitro benzene ring substituents is 1. The smallest absolute Gasteiger partial charge is 0.270 e. The minimum absolute atomic E-state index is 0.113. The van der Waals surface area contributed by atoms with E-state index in [1.807, 2.05) is 0 Å². The average Bonchev–Trinajstić information content (AvgIpc) is 2.30. The van der Waals surface area contributed by atoms with Gasteiger partial charge in [0.2, 0.25) is 0 Å². The van der Waals surface area contributed by atoms with Crippen molar-refractivity contribution < 1.29 is 4.92 Å². The van der Waals surface area contributed by atoms with E-state index in [-0.39, 0.29) is 10.6 Å². The standard InChI is InChI=1S/C12H17BrN2O2/c1-3-9(2)7-14-8-10-4-5-11(15(16)17)6-12(10)13/h4-6,9,14H,3,7-8H2,1-2H3. The minimum atomic E-state index is -0.388. The number of halogens is 1. The quantitative estimate of drug-likeness (QED) is 0.646. The van der Waals surface area contributed by atoms with Gasteiger partial charge in [-0.2, -0.15) is 0 Å². The molecule has 0 aliphatic heterocycles. The maximum absolute atomic E-state index is 10.6. The maximum atomic E-state index is 10.6. The summed E-state index contributed by atoms with van der Waals surface area (Å²) in [6, 6.07) is 4.86. The minimum Gasteiger partial charge on any atom is -0.312 e. The van der Waals surface area contributed by atoms with Crippen molar-refractivity contribution in [2.24, 2.45) is 5.92 Å². The van der Waals surface area contributed by atoms with E-state index in [0.717, 1.165) is 29.5 Å². The second-order valence-electron chi connectivity index (χ2n) is 4.18. The maximum Gasteiger partial charge on any atom is 0.270 e. The first-order valence-corrected chi connectivity index (χ1v) is 6.47. The van der Waals surface area contributed by atoms with Gasteiger partial charge in [0.05, 0.1) is 4.92 Å². The van der Waals surface area contributed by atoms with Crippen LogP contribution in [0.15, 0.2) is 22.7 Å². The Balaban J connectivity index is 2.57. The van der Waals surface area contributed by atoms with Gasteiger partial charge >= 0.3 is 0 Å². The molecule has 0 saturated carbocycles. The van der Waals surface area contributed by atoms with Gasteiger partial charge in [-0.1, -0.05) is 36.2 Å². The van der Waals surface area contributed by atoms with E-state index in [1.165, 1.54) is 6.07 Å². The lowest BCUT2D eigenvalue weighted by Crippen LogP contribution is -2.20. The highest BCUT2D eigenvalue weighted by atomic mass is 79.9. The first-order chi connectivity index (χ1) is 8.04. The monoisotopic (exact) mass is 300 g/mol. The summed E-state index contributed by atoms with van der Waals surface area (Å²) in [5.74, 6) is 0.645. The lowest BCUT2D eigenvalue weighted by atomic mass is 10.1. The molecule has 0 bridgehead atoms. The molecule has 0 amide bonds. The van der Waals surface area contributed by atoms with Crippen LogP contribution in [0.1, 0.15) is 25.8 Å². The highest BCUT2D eigenvalue weighted by Gasteiger charge is 2.08. The SMILES string of the molecule is CCC(C)CNCc1ccc([N+](=O)[O-])cc1Br. The molecule has 1 atom stereocenters. The molecule has 1 unspecified atom stereocenters. The van der Waals surface area contributed by atoms with Crippen LogP contribution < -0.4 is 5.32 Å². The number of non-ortho nitro benzene ring substituents is 1. The van der Waals surface area contributed by atoms with Crippen molar-refractivity contribution in [3.05, 3.63) is 38.3 Å². The lowest BCUT2D eigenvalue weighted by Gasteiger charge is -2.10. The number of nitrogens with one attached hydrogen (secondary N) is 1. The Morgan fingerprint density at radius 3 is 2.76 bits per heavy atom. The molecule has 0 spiro atoms. The molecule has 0 heterocycles. The molecular formula is C12H17BrN2O2. The Labute approximate surface area is 110 Å². The number of hydrogen-bond acceptors (Lipinski definition) is 3. The van der Waals surface area contributed by atoms with Crippen LogP contribution in [0, 0.1) is 16.0 Å². The van der Waals surface area contributed by atoms with Crippen LogP contribution in [0.25, 0.3) is 0 Å². The molecule has 1 aromatic carbocycles. The third kappa shape index (κ3) is 4.44. The Bertz CT molecular complexity index is 396. The van der Waals surface area contributed by atoms with E-state index in [4.69, 9.17) is 0 Å². The molecule has 17 heavy (non-hydrogen) atoms. The fraction of sp³-hybridized carbons (Fsp3) is 0.500. The number of benzene rings is 1. The third-order valence-electron chi connectivity index (χ3n) is 2.75. The largest absolute Gasteiger partial charge is 0.312 e. The second kappa shape index (κ2) is 6.71. The van der Waals surface area contributed by atoms with E-state index in [0.29, 0.717) is 5.92 Å². The normalized spacial score (nSPS) is 12.4. The van der Waals surface area contributed by atoms with Crippen molar-refractivity contribution in [3.8, 4) is 0 Å². The molecule has 0 radical (unpaired) electrons. The van der Waals surface area contributed by atoms with Gasteiger partial charge in [-0.25, -0.2) is 0 Å². The predicted octanol–water partition coefficient (Wildman–Crippen LogP) is 3.49. The zero-order valence-electron chi connectivity index (χ0n) is 10.1. The van der Waals surface area contributed by atoms with E-state index in [9.17, 15) is 10.1 Å². The van der Waals surface area contributed by atoms with Gasteiger partial charge in [-0.3, -0.25) is 10.1 Å². The molecule has 0 saturated heterocycles. The molecular weight excluding hydrogens is 284 g/mol. The topological polar surface area (TPSA) is 55.2 Å². The lowest BCUT2D eigenvalue weighted by molar-refractivity contribution is -0.384. The molecule has 94 valence electrons. The molecule has 1 rings (SSSR count). The fourth-order valence-electron chi connectivity index (χ4n) is 1.39. The zero-order chi connectivity index (χ0) is 12.8. The van der Waals surface area contributed by atoms with Gasteiger partial charge in [-0.15, -0.1) is 0 Å². The van der Waals surface area contributed by atoms with Crippen LogP contribution in [0.2, 0.25) is 0 Å². The van der Waals surface area contributed by atoms with E-state index < -0.39 is 0 Å². The summed E-state index contributed by atoms with van der Waals surface area (Å²) in [6.45, 7) is 6.04. The van der Waals surface area contributed by atoms with Crippen molar-refractivity contribution in [1.29, 1.82) is 0 Å². The average molecular weight is 301 g/mol. The molecule has 0 fully saturated rings. The number of rotatable bonds is 6. The van der Waals surface area contributed by atoms with Crippen LogP contribution in [-0.2, 0) is 6.54 Å². The van der Waals surface area contributed by atoms with Crippen molar-refractivity contribution in [2.45, 2.75) is 26.8 Å². The van der Waals surface area contributed by atoms with Crippen molar-refractivity contribution in [3.63, 3.8) is 0 Å². The molecule has 0 aromatic heterocycles. The Morgan fingerprint density at radius 1 is 1.53 bits per heavy atom. The molecule has 0 aliphatic rings. The van der Waals surface area contributed by atoms with Crippen molar-refractivity contribution in [2.75, 3.05) is 6.54 Å². The van der Waals surface area contributed by atoms with Gasteiger partial charge in [0.15, 0.2) is 0 Å². The summed E-state index contributed by atoms with van der Waals surface area (Å²) in [4.78, 5) is 10.2. The van der Waals surface area contributed by atoms with Gasteiger partial charge in [-0.05, 0) is 24.1 Å². The molecule has 1 N–H and O–H groups in total. The summed E-state index contributed by atoms with van der Waals surface area (Å²) >= 11 is 3.36. The third-order valence-corrected chi connectivity index (χ3v) is 3.49. The molecule has 1 aromatic rings. The zero-order valence-corrected chi connectivity index (χ0v) is 11.7. The molecule has 4 nitrogen and oxygen atoms in total. The van der Waals surface area contributed by atoms with Gasteiger partial charge in [0, 0.05) is 23.2 Å². The van der Waals surface area contributed by atoms with Crippen LogP contribution in [-0.4, -0.2) is 11.5 Å². The number of nitro groups is 1. The fourth-order valence-corrected chi connectivity index (χ4v) is 1.90. The van der Waals surface area contributed by atoms with Crippen molar-refractivity contribution in [1.82, 2.24) is 5.32 Å².